The number of aliphatic hydroxyl groups is 1. The number of hydrogen-bond donors (Lipinski definition) is 1. The van der Waals surface area contributed by atoms with E-state index in [-0.39, 0.29) is 0 Å². The maximum absolute atomic E-state index is 10.00. The van der Waals surface area contributed by atoms with Crippen molar-refractivity contribution in [1.82, 2.24) is 9.97 Å². The molecular formula is C19H14N2O2S. The van der Waals surface area contributed by atoms with Crippen molar-refractivity contribution in [2.24, 2.45) is 0 Å². The Hall–Kier alpha value is -2.37. The minimum atomic E-state index is -0.482. The van der Waals surface area contributed by atoms with E-state index in [2.05, 4.69) is 6.07 Å². The quantitative estimate of drug-likeness (QED) is 0.392. The summed E-state index contributed by atoms with van der Waals surface area (Å²) >= 11 is 1.59. The molecule has 0 bridgehead atoms. The predicted molar refractivity (Wildman–Crippen MR) is 96.8 cm³/mol. The Labute approximate surface area is 142 Å². The van der Waals surface area contributed by atoms with Crippen LogP contribution in [0.15, 0.2) is 53.4 Å². The maximum Gasteiger partial charge on any atom is 0.143 e. The first kappa shape index (κ1) is 14.0. The van der Waals surface area contributed by atoms with E-state index in [1.54, 1.807) is 11.8 Å². The van der Waals surface area contributed by atoms with Crippen molar-refractivity contribution in [3.63, 3.8) is 0 Å². The van der Waals surface area contributed by atoms with Crippen molar-refractivity contribution in [3.8, 4) is 5.75 Å². The van der Waals surface area contributed by atoms with E-state index in [0.29, 0.717) is 12.4 Å². The van der Waals surface area contributed by atoms with Crippen molar-refractivity contribution < 1.29 is 9.84 Å². The second kappa shape index (κ2) is 5.33. The number of rotatable bonds is 0. The highest BCUT2D eigenvalue weighted by Gasteiger charge is 2.23. The van der Waals surface area contributed by atoms with Crippen LogP contribution in [0.4, 0.5) is 0 Å². The monoisotopic (exact) mass is 334 g/mol. The number of para-hydroxylation sites is 2. The smallest absolute Gasteiger partial charge is 0.143 e. The molecule has 4 nitrogen and oxygen atoms in total. The zero-order valence-electron chi connectivity index (χ0n) is 12.8. The number of fused-ring (bicyclic) bond motifs is 7. The molecule has 1 aliphatic heterocycles. The summed E-state index contributed by atoms with van der Waals surface area (Å²) in [5.41, 5.74) is 3.49. The number of nitrogens with zero attached hydrogens (tertiary/aromatic N) is 2. The minimum absolute atomic E-state index is 0.302. The van der Waals surface area contributed by atoms with Crippen LogP contribution in [0.3, 0.4) is 0 Å². The highest BCUT2D eigenvalue weighted by Crippen LogP contribution is 2.44. The molecule has 1 aromatic heterocycles. The van der Waals surface area contributed by atoms with Crippen LogP contribution in [0, 0.1) is 0 Å². The van der Waals surface area contributed by atoms with Gasteiger partial charge in [-0.1, -0.05) is 36.4 Å². The molecular weight excluding hydrogens is 320 g/mol. The third kappa shape index (κ3) is 2.05. The lowest BCUT2D eigenvalue weighted by Crippen LogP contribution is -2.17. The highest BCUT2D eigenvalue weighted by molar-refractivity contribution is 7.99. The fourth-order valence-corrected chi connectivity index (χ4v) is 4.18. The average molecular weight is 334 g/mol. The van der Waals surface area contributed by atoms with Gasteiger partial charge < -0.3 is 9.84 Å². The summed E-state index contributed by atoms with van der Waals surface area (Å²) in [5.74, 6) is 1.40. The Morgan fingerprint density at radius 2 is 1.58 bits per heavy atom. The summed E-state index contributed by atoms with van der Waals surface area (Å²) in [6, 6.07) is 16.0. The first-order valence-electron chi connectivity index (χ1n) is 7.86. The van der Waals surface area contributed by atoms with Gasteiger partial charge in [-0.3, -0.25) is 0 Å². The van der Waals surface area contributed by atoms with Gasteiger partial charge in [0, 0.05) is 16.5 Å². The van der Waals surface area contributed by atoms with Crippen molar-refractivity contribution >= 4 is 44.6 Å². The van der Waals surface area contributed by atoms with Crippen LogP contribution in [0.25, 0.3) is 32.8 Å². The van der Waals surface area contributed by atoms with Crippen LogP contribution < -0.4 is 4.74 Å². The second-order valence-corrected chi connectivity index (χ2v) is 6.92. The molecule has 1 N–H and O–H groups in total. The molecule has 5 heteroatoms. The number of aromatic nitrogens is 2. The summed E-state index contributed by atoms with van der Waals surface area (Å²) in [7, 11) is 0. The molecule has 0 fully saturated rings. The largest absolute Gasteiger partial charge is 0.489 e. The van der Waals surface area contributed by atoms with Gasteiger partial charge in [0.05, 0.1) is 27.5 Å². The van der Waals surface area contributed by atoms with Gasteiger partial charge in [0.25, 0.3) is 0 Å². The van der Waals surface area contributed by atoms with E-state index in [9.17, 15) is 5.11 Å². The van der Waals surface area contributed by atoms with Gasteiger partial charge >= 0.3 is 0 Å². The number of thioether (sulfide) groups is 1. The molecule has 0 aliphatic carbocycles. The first-order valence-corrected chi connectivity index (χ1v) is 8.85. The standard InChI is InChI=1S/C19H14N2O2S/c22-11-9-23-18-13-6-2-1-5-12(13)16-17(19(18)24-10-11)21-15-8-4-3-7-14(15)20-16/h1-8,11,22H,9-10H2. The van der Waals surface area contributed by atoms with E-state index in [1.807, 2.05) is 42.5 Å². The Morgan fingerprint density at radius 1 is 0.917 bits per heavy atom. The SMILES string of the molecule is OC1COc2c(c3nc4ccccc4nc3c3ccccc23)SC1. The van der Waals surface area contributed by atoms with Crippen LogP contribution >= 0.6 is 11.8 Å². The van der Waals surface area contributed by atoms with E-state index in [4.69, 9.17) is 14.7 Å². The molecule has 0 saturated carbocycles. The molecule has 4 aromatic rings. The van der Waals surface area contributed by atoms with Crippen molar-refractivity contribution in [2.75, 3.05) is 12.4 Å². The Kier molecular flexibility index (Phi) is 3.11. The molecule has 118 valence electrons. The lowest BCUT2D eigenvalue weighted by atomic mass is 10.1. The van der Waals surface area contributed by atoms with E-state index >= 15 is 0 Å². The van der Waals surface area contributed by atoms with E-state index in [1.165, 1.54) is 0 Å². The molecule has 2 heterocycles. The normalized spacial score (nSPS) is 17.6. The molecule has 0 amide bonds. The molecule has 3 aromatic carbocycles. The second-order valence-electron chi connectivity index (χ2n) is 5.89. The van der Waals surface area contributed by atoms with Gasteiger partial charge in [-0.05, 0) is 12.1 Å². The topological polar surface area (TPSA) is 55.2 Å². The lowest BCUT2D eigenvalue weighted by molar-refractivity contribution is 0.128. The van der Waals surface area contributed by atoms with Crippen LogP contribution in [0.2, 0.25) is 0 Å². The Balaban J connectivity index is 1.98. The summed E-state index contributed by atoms with van der Waals surface area (Å²) in [6.45, 7) is 0.302. The highest BCUT2D eigenvalue weighted by atomic mass is 32.2. The number of ether oxygens (including phenoxy) is 1. The fraction of sp³-hybridized carbons (Fsp3) is 0.158. The Morgan fingerprint density at radius 3 is 2.38 bits per heavy atom. The Bertz CT molecular complexity index is 1100. The summed E-state index contributed by atoms with van der Waals surface area (Å²) in [6.07, 6.45) is -0.482. The molecule has 0 saturated heterocycles. The molecule has 0 radical (unpaired) electrons. The van der Waals surface area contributed by atoms with Crippen LogP contribution in [-0.2, 0) is 0 Å². The molecule has 1 unspecified atom stereocenters. The maximum atomic E-state index is 10.00. The van der Waals surface area contributed by atoms with Crippen molar-refractivity contribution in [3.05, 3.63) is 48.5 Å². The van der Waals surface area contributed by atoms with Gasteiger partial charge in [-0.15, -0.1) is 11.8 Å². The number of benzene rings is 3. The van der Waals surface area contributed by atoms with Gasteiger partial charge in [-0.25, -0.2) is 9.97 Å². The fourth-order valence-electron chi connectivity index (χ4n) is 3.15. The van der Waals surface area contributed by atoms with Crippen LogP contribution in [0.5, 0.6) is 5.75 Å². The third-order valence-corrected chi connectivity index (χ3v) is 5.48. The van der Waals surface area contributed by atoms with Crippen molar-refractivity contribution in [2.45, 2.75) is 11.0 Å². The predicted octanol–water partition coefficient (Wildman–Crippen LogP) is 3.78. The number of aliphatic hydroxyl groups excluding tert-OH is 1. The molecule has 1 aliphatic rings. The average Bonchev–Trinajstić information content (AvgIpc) is 2.83. The number of hydrogen-bond acceptors (Lipinski definition) is 5. The van der Waals surface area contributed by atoms with Gasteiger partial charge in [0.2, 0.25) is 0 Å². The van der Waals surface area contributed by atoms with Crippen LogP contribution in [0.1, 0.15) is 0 Å². The zero-order chi connectivity index (χ0) is 16.1. The summed E-state index contributed by atoms with van der Waals surface area (Å²) in [4.78, 5) is 10.7. The molecule has 0 spiro atoms. The minimum Gasteiger partial charge on any atom is -0.489 e. The van der Waals surface area contributed by atoms with Crippen molar-refractivity contribution in [1.29, 1.82) is 0 Å². The van der Waals surface area contributed by atoms with Gasteiger partial charge in [0.1, 0.15) is 17.9 Å². The van der Waals surface area contributed by atoms with E-state index in [0.717, 1.165) is 43.5 Å². The van der Waals surface area contributed by atoms with Crippen LogP contribution in [-0.4, -0.2) is 33.5 Å². The third-order valence-electron chi connectivity index (χ3n) is 4.26. The van der Waals surface area contributed by atoms with Gasteiger partial charge in [0.15, 0.2) is 0 Å². The molecule has 5 rings (SSSR count). The molecule has 24 heavy (non-hydrogen) atoms. The summed E-state index contributed by atoms with van der Waals surface area (Å²) in [5, 5.41) is 12.0. The summed E-state index contributed by atoms with van der Waals surface area (Å²) < 4.78 is 5.96. The van der Waals surface area contributed by atoms with E-state index < -0.39 is 6.10 Å². The lowest BCUT2D eigenvalue weighted by Gasteiger charge is -2.14. The molecule has 1 atom stereocenters. The van der Waals surface area contributed by atoms with Gasteiger partial charge in [-0.2, -0.15) is 0 Å². The first-order chi connectivity index (χ1) is 11.8. The zero-order valence-corrected chi connectivity index (χ0v) is 13.6.